The Labute approximate surface area is 272 Å². The quantitative estimate of drug-likeness (QED) is 0.312. The summed E-state index contributed by atoms with van der Waals surface area (Å²) in [6, 6.07) is 17.6. The van der Waals surface area contributed by atoms with Crippen molar-refractivity contribution < 1.29 is 0 Å². The van der Waals surface area contributed by atoms with Crippen molar-refractivity contribution in [2.75, 3.05) is 0 Å². The summed E-state index contributed by atoms with van der Waals surface area (Å²) in [5, 5.41) is 0. The molecule has 0 aliphatic carbocycles. The smallest absolute Gasteiger partial charge is 0.0575 e. The molecule has 204 valence electrons. The van der Waals surface area contributed by atoms with Crippen molar-refractivity contribution in [3.05, 3.63) is 120 Å². The molecule has 6 rings (SSSR count). The standard InChI is InChI=1S/C32H28S8/c1-17(29-33-19(3)20(4)34-29)23(31-37-25-11-7-8-12-26(25)38-31)15-16-24(18(2)30-35-21(5)22(6)36-30)32-39-27-13-9-10-14-28(27)40-32/h7-16H,1-6H3/b16-15+. The topological polar surface area (TPSA) is 0 Å². The SMILES string of the molecule is CC1=C(C)SC(=C(C)C(/C=C/C(=C2Sc3ccccc3S2)C(C)=C2SC(C)=C(C)S2)=C2Sc3ccccc3S2)S1. The van der Waals surface area contributed by atoms with Crippen LogP contribution in [0.15, 0.2) is 139 Å². The van der Waals surface area contributed by atoms with Crippen molar-refractivity contribution in [3.8, 4) is 0 Å². The van der Waals surface area contributed by atoms with Crippen molar-refractivity contribution in [1.29, 1.82) is 0 Å². The Morgan fingerprint density at radius 2 is 0.700 bits per heavy atom. The van der Waals surface area contributed by atoms with E-state index in [0.29, 0.717) is 0 Å². The summed E-state index contributed by atoms with van der Waals surface area (Å²) >= 11 is 15.4. The van der Waals surface area contributed by atoms with E-state index in [0.717, 1.165) is 0 Å². The molecule has 0 fully saturated rings. The Hall–Kier alpha value is -0.580. The molecule has 0 bridgehead atoms. The first-order valence-electron chi connectivity index (χ1n) is 12.8. The summed E-state index contributed by atoms with van der Waals surface area (Å²) in [7, 11) is 0. The van der Waals surface area contributed by atoms with E-state index in [-0.39, 0.29) is 0 Å². The molecule has 0 nitrogen and oxygen atoms in total. The Morgan fingerprint density at radius 3 is 0.975 bits per heavy atom. The van der Waals surface area contributed by atoms with Crippen LogP contribution in [0.25, 0.3) is 0 Å². The minimum absolute atomic E-state index is 1.34. The Kier molecular flexibility index (Phi) is 9.27. The van der Waals surface area contributed by atoms with Gasteiger partial charge in [0.05, 0.1) is 16.9 Å². The lowest BCUT2D eigenvalue weighted by Crippen LogP contribution is -1.91. The van der Waals surface area contributed by atoms with Gasteiger partial charge in [0.2, 0.25) is 0 Å². The zero-order chi connectivity index (χ0) is 28.0. The molecule has 0 saturated carbocycles. The molecule has 0 N–H and O–H groups in total. The molecule has 0 aromatic heterocycles. The van der Waals surface area contributed by atoms with Gasteiger partial charge >= 0.3 is 0 Å². The molecule has 4 aliphatic rings. The highest BCUT2D eigenvalue weighted by Gasteiger charge is 2.26. The van der Waals surface area contributed by atoms with Crippen molar-refractivity contribution in [2.24, 2.45) is 0 Å². The second-order valence-electron chi connectivity index (χ2n) is 9.50. The molecule has 40 heavy (non-hydrogen) atoms. The van der Waals surface area contributed by atoms with Gasteiger partial charge in [-0.25, -0.2) is 0 Å². The first kappa shape index (κ1) is 29.5. The maximum absolute atomic E-state index is 2.40. The number of allylic oxidation sites excluding steroid dienone is 10. The maximum Gasteiger partial charge on any atom is 0.0575 e. The molecule has 0 saturated heterocycles. The molecule has 4 aliphatic heterocycles. The maximum atomic E-state index is 2.40. The monoisotopic (exact) mass is 668 g/mol. The van der Waals surface area contributed by atoms with Gasteiger partial charge in [-0.15, -0.1) is 0 Å². The van der Waals surface area contributed by atoms with Crippen LogP contribution in [-0.2, 0) is 0 Å². The Balaban J connectivity index is 1.45. The number of thioether (sulfide) groups is 8. The highest BCUT2D eigenvalue weighted by atomic mass is 32.2. The third-order valence-electron chi connectivity index (χ3n) is 6.76. The van der Waals surface area contributed by atoms with Gasteiger partial charge in [-0.3, -0.25) is 0 Å². The summed E-state index contributed by atoms with van der Waals surface area (Å²) in [5.41, 5.74) is 5.41. The minimum atomic E-state index is 1.34. The summed E-state index contributed by atoms with van der Waals surface area (Å²) < 4.78 is 5.54. The van der Waals surface area contributed by atoms with Crippen LogP contribution in [0, 0.1) is 0 Å². The minimum Gasteiger partial charge on any atom is -0.0864 e. The van der Waals surface area contributed by atoms with Gasteiger partial charge in [0.1, 0.15) is 0 Å². The van der Waals surface area contributed by atoms with Crippen LogP contribution in [0.4, 0.5) is 0 Å². The first-order chi connectivity index (χ1) is 19.3. The van der Waals surface area contributed by atoms with Gasteiger partial charge in [0.15, 0.2) is 0 Å². The third kappa shape index (κ3) is 6.07. The van der Waals surface area contributed by atoms with Crippen molar-refractivity contribution in [1.82, 2.24) is 0 Å². The van der Waals surface area contributed by atoms with E-state index in [1.165, 1.54) is 78.4 Å². The van der Waals surface area contributed by atoms with Gasteiger partial charge in [0, 0.05) is 19.6 Å². The summed E-state index contributed by atoms with van der Waals surface area (Å²) in [6.07, 6.45) is 4.81. The van der Waals surface area contributed by atoms with Crippen molar-refractivity contribution in [2.45, 2.75) is 61.1 Å². The fraction of sp³-hybridized carbons (Fsp3) is 0.188. The second-order valence-corrected chi connectivity index (χ2v) is 19.6. The van der Waals surface area contributed by atoms with Gasteiger partial charge in [-0.1, -0.05) is 131 Å². The van der Waals surface area contributed by atoms with Crippen LogP contribution in [-0.4, -0.2) is 0 Å². The highest BCUT2D eigenvalue weighted by molar-refractivity contribution is 8.29. The average Bonchev–Trinajstić information content (AvgIpc) is 3.72. The Bertz CT molecular complexity index is 1440. The summed E-state index contributed by atoms with van der Waals surface area (Å²) in [6.45, 7) is 13.6. The van der Waals surface area contributed by atoms with E-state index in [1.54, 1.807) is 0 Å². The third-order valence-corrected chi connectivity index (χ3v) is 17.6. The van der Waals surface area contributed by atoms with E-state index in [4.69, 9.17) is 0 Å². The van der Waals surface area contributed by atoms with E-state index < -0.39 is 0 Å². The number of hydrogen-bond donors (Lipinski definition) is 0. The lowest BCUT2D eigenvalue weighted by molar-refractivity contribution is 1.27. The van der Waals surface area contributed by atoms with Crippen LogP contribution in [0.3, 0.4) is 0 Å². The van der Waals surface area contributed by atoms with E-state index in [1.807, 2.05) is 94.1 Å². The molecule has 0 radical (unpaired) electrons. The van der Waals surface area contributed by atoms with Crippen molar-refractivity contribution >= 4 is 94.1 Å². The predicted octanol–water partition coefficient (Wildman–Crippen LogP) is 13.7. The number of fused-ring (bicyclic) bond motifs is 2. The largest absolute Gasteiger partial charge is 0.0864 e. The molecule has 4 heterocycles. The molecular weight excluding hydrogens is 641 g/mol. The van der Waals surface area contributed by atoms with Gasteiger partial charge in [-0.2, -0.15) is 0 Å². The molecule has 0 atom stereocenters. The van der Waals surface area contributed by atoms with Crippen LogP contribution in [0.1, 0.15) is 41.5 Å². The zero-order valence-electron chi connectivity index (χ0n) is 23.0. The zero-order valence-corrected chi connectivity index (χ0v) is 29.6. The second kappa shape index (κ2) is 12.6. The summed E-state index contributed by atoms with van der Waals surface area (Å²) in [4.78, 5) is 11.1. The molecular formula is C32H28S8. The molecule has 0 amide bonds. The van der Waals surface area contributed by atoms with Crippen LogP contribution >= 0.6 is 94.1 Å². The van der Waals surface area contributed by atoms with E-state index >= 15 is 0 Å². The lowest BCUT2D eigenvalue weighted by Gasteiger charge is -2.13. The van der Waals surface area contributed by atoms with Crippen LogP contribution < -0.4 is 0 Å². The Morgan fingerprint density at radius 1 is 0.425 bits per heavy atom. The molecule has 0 unspecified atom stereocenters. The average molecular weight is 669 g/mol. The molecule has 2 aromatic rings. The molecule has 0 spiro atoms. The number of hydrogen-bond acceptors (Lipinski definition) is 8. The van der Waals surface area contributed by atoms with Gasteiger partial charge in [0.25, 0.3) is 0 Å². The van der Waals surface area contributed by atoms with E-state index in [9.17, 15) is 0 Å². The lowest BCUT2D eigenvalue weighted by atomic mass is 10.1. The van der Waals surface area contributed by atoms with Crippen molar-refractivity contribution in [3.63, 3.8) is 0 Å². The van der Waals surface area contributed by atoms with Gasteiger partial charge in [-0.05, 0) is 108 Å². The normalized spacial score (nSPS) is 18.4. The fourth-order valence-electron chi connectivity index (χ4n) is 4.17. The predicted molar refractivity (Wildman–Crippen MR) is 192 cm³/mol. The molecule has 2 aromatic carbocycles. The highest BCUT2D eigenvalue weighted by Crippen LogP contribution is 2.58. The first-order valence-corrected chi connectivity index (χ1v) is 19.4. The van der Waals surface area contributed by atoms with Crippen LogP contribution in [0.2, 0.25) is 0 Å². The number of benzene rings is 2. The van der Waals surface area contributed by atoms with E-state index in [2.05, 4.69) is 102 Å². The van der Waals surface area contributed by atoms with Crippen LogP contribution in [0.5, 0.6) is 0 Å². The summed E-state index contributed by atoms with van der Waals surface area (Å²) in [5.74, 6) is 0. The fourth-order valence-corrected chi connectivity index (χ4v) is 14.5. The number of rotatable bonds is 4. The van der Waals surface area contributed by atoms with Gasteiger partial charge < -0.3 is 0 Å². The molecule has 8 heteroatoms.